The van der Waals surface area contributed by atoms with E-state index in [1.807, 2.05) is 11.8 Å². The van der Waals surface area contributed by atoms with Crippen molar-refractivity contribution in [3.05, 3.63) is 0 Å². The largest absolute Gasteiger partial charge is 0.395 e. The van der Waals surface area contributed by atoms with Crippen LogP contribution in [0.4, 0.5) is 4.79 Å². The Morgan fingerprint density at radius 3 is 3.05 bits per heavy atom. The molecule has 0 aromatic heterocycles. The van der Waals surface area contributed by atoms with E-state index in [1.54, 1.807) is 0 Å². The Morgan fingerprint density at radius 1 is 1.42 bits per heavy atom. The van der Waals surface area contributed by atoms with Crippen LogP contribution in [0.25, 0.3) is 0 Å². The van der Waals surface area contributed by atoms with E-state index in [1.165, 1.54) is 0 Å². The molecule has 2 rings (SSSR count). The number of amides is 3. The van der Waals surface area contributed by atoms with E-state index in [0.29, 0.717) is 18.2 Å². The van der Waals surface area contributed by atoms with E-state index >= 15 is 0 Å². The zero-order valence-electron chi connectivity index (χ0n) is 10.9. The van der Waals surface area contributed by atoms with Crippen LogP contribution in [-0.2, 0) is 4.79 Å². The van der Waals surface area contributed by atoms with E-state index in [0.717, 1.165) is 25.0 Å². The molecule has 2 aliphatic heterocycles. The number of aliphatic hydroxyl groups excluding tert-OH is 1. The van der Waals surface area contributed by atoms with Crippen LogP contribution in [0, 0.1) is 0 Å². The van der Waals surface area contributed by atoms with E-state index < -0.39 is 0 Å². The minimum absolute atomic E-state index is 0.00170. The quantitative estimate of drug-likeness (QED) is 0.386. The molecule has 2 fully saturated rings. The normalized spacial score (nSPS) is 28.7. The van der Waals surface area contributed by atoms with Gasteiger partial charge >= 0.3 is 6.03 Å². The second kappa shape index (κ2) is 7.00. The van der Waals surface area contributed by atoms with Crippen molar-refractivity contribution in [1.82, 2.24) is 16.0 Å². The number of urea groups is 1. The van der Waals surface area contributed by atoms with Crippen LogP contribution in [0.5, 0.6) is 0 Å². The first-order valence-electron chi connectivity index (χ1n) is 6.77. The summed E-state index contributed by atoms with van der Waals surface area (Å²) >= 11 is 1.90. The number of thioether (sulfide) groups is 1. The molecule has 0 radical (unpaired) electrons. The minimum atomic E-state index is -0.0521. The van der Waals surface area contributed by atoms with Crippen LogP contribution in [-0.4, -0.2) is 53.3 Å². The van der Waals surface area contributed by atoms with Crippen LogP contribution in [0.1, 0.15) is 25.7 Å². The van der Waals surface area contributed by atoms with Crippen LogP contribution in [0.2, 0.25) is 0 Å². The molecule has 19 heavy (non-hydrogen) atoms. The number of carbonyl (C=O) groups is 2. The lowest BCUT2D eigenvalue weighted by Crippen LogP contribution is -2.36. The predicted octanol–water partition coefficient (Wildman–Crippen LogP) is -0.179. The summed E-state index contributed by atoms with van der Waals surface area (Å²) in [6.45, 7) is 0.318. The molecule has 0 aromatic carbocycles. The molecule has 3 amide bonds. The van der Waals surface area contributed by atoms with Gasteiger partial charge in [0.15, 0.2) is 0 Å². The van der Waals surface area contributed by atoms with Crippen LogP contribution in [0.15, 0.2) is 0 Å². The molecule has 3 atom stereocenters. The van der Waals surface area contributed by atoms with Crippen molar-refractivity contribution in [1.29, 1.82) is 0 Å². The Kier molecular flexibility index (Phi) is 5.33. The Morgan fingerprint density at radius 2 is 2.26 bits per heavy atom. The molecule has 2 saturated heterocycles. The molecule has 0 aromatic rings. The van der Waals surface area contributed by atoms with E-state index in [-0.39, 0.29) is 30.6 Å². The van der Waals surface area contributed by atoms with Crippen molar-refractivity contribution in [3.63, 3.8) is 0 Å². The topological polar surface area (TPSA) is 90.5 Å². The van der Waals surface area contributed by atoms with Gasteiger partial charge in [0.05, 0.1) is 18.7 Å². The number of hydrogen-bond donors (Lipinski definition) is 4. The van der Waals surface area contributed by atoms with E-state index in [9.17, 15) is 9.59 Å². The fourth-order valence-electron chi connectivity index (χ4n) is 2.56. The first-order chi connectivity index (χ1) is 9.20. The summed E-state index contributed by atoms with van der Waals surface area (Å²) in [6.07, 6.45) is 3.38. The third-order valence-corrected chi connectivity index (χ3v) is 5.02. The predicted molar refractivity (Wildman–Crippen MR) is 74.1 cm³/mol. The standard InChI is InChI=1S/C12H21N3O3S/c16-6-5-13-10(17)4-2-1-3-9-11-8(7-19-9)14-12(18)15-11/h8-9,11,16H,1-7H2,(H,13,17)(H2,14,15,18)/t8-,9+,11-/m0/s1. The van der Waals surface area contributed by atoms with Crippen molar-refractivity contribution in [2.45, 2.75) is 43.0 Å². The number of unbranched alkanes of at least 4 members (excludes halogenated alkanes) is 1. The van der Waals surface area contributed by atoms with Crippen LogP contribution < -0.4 is 16.0 Å². The van der Waals surface area contributed by atoms with Crippen molar-refractivity contribution in [3.8, 4) is 0 Å². The molecule has 4 N–H and O–H groups in total. The summed E-state index contributed by atoms with van der Waals surface area (Å²) in [5.74, 6) is 0.979. The zero-order chi connectivity index (χ0) is 13.7. The Balaban J connectivity index is 1.59. The summed E-state index contributed by atoms with van der Waals surface area (Å²) in [5.41, 5.74) is 0. The van der Waals surface area contributed by atoms with Gasteiger partial charge in [-0.15, -0.1) is 0 Å². The highest BCUT2D eigenvalue weighted by Gasteiger charge is 2.42. The molecule has 0 saturated carbocycles. The Labute approximate surface area is 117 Å². The fourth-order valence-corrected chi connectivity index (χ4v) is 4.10. The number of rotatable bonds is 7. The molecular weight excluding hydrogens is 266 g/mol. The maximum absolute atomic E-state index is 11.3. The molecule has 7 heteroatoms. The lowest BCUT2D eigenvalue weighted by molar-refractivity contribution is -0.121. The average Bonchev–Trinajstić information content (AvgIpc) is 2.92. The van der Waals surface area contributed by atoms with Gasteiger partial charge in [-0.25, -0.2) is 4.79 Å². The Hall–Kier alpha value is -0.950. The third kappa shape index (κ3) is 4.01. The molecule has 6 nitrogen and oxygen atoms in total. The molecule has 0 unspecified atom stereocenters. The summed E-state index contributed by atoms with van der Waals surface area (Å²) in [6, 6.07) is 0.472. The van der Waals surface area contributed by atoms with Gasteiger partial charge in [-0.3, -0.25) is 4.79 Å². The van der Waals surface area contributed by atoms with Crippen molar-refractivity contribution < 1.29 is 14.7 Å². The van der Waals surface area contributed by atoms with Crippen molar-refractivity contribution >= 4 is 23.7 Å². The van der Waals surface area contributed by atoms with Gasteiger partial charge in [0, 0.05) is 24.0 Å². The molecule has 0 aliphatic carbocycles. The molecular formula is C12H21N3O3S. The minimum Gasteiger partial charge on any atom is -0.395 e. The molecule has 0 bridgehead atoms. The van der Waals surface area contributed by atoms with Gasteiger partial charge in [-0.05, 0) is 12.8 Å². The lowest BCUT2D eigenvalue weighted by Gasteiger charge is -2.16. The van der Waals surface area contributed by atoms with Crippen LogP contribution >= 0.6 is 11.8 Å². The summed E-state index contributed by atoms with van der Waals surface area (Å²) < 4.78 is 0. The SMILES string of the molecule is O=C(CCCC[C@H]1SC[C@@H]2NC(=O)N[C@@H]21)NCCO. The van der Waals surface area contributed by atoms with Gasteiger partial charge in [0.2, 0.25) is 5.91 Å². The van der Waals surface area contributed by atoms with Gasteiger partial charge in [-0.2, -0.15) is 11.8 Å². The lowest BCUT2D eigenvalue weighted by atomic mass is 10.0. The highest BCUT2D eigenvalue weighted by Crippen LogP contribution is 2.33. The molecule has 0 spiro atoms. The smallest absolute Gasteiger partial charge is 0.315 e. The van der Waals surface area contributed by atoms with E-state index in [4.69, 9.17) is 5.11 Å². The second-order valence-corrected chi connectivity index (χ2v) is 6.21. The van der Waals surface area contributed by atoms with Crippen molar-refractivity contribution in [2.24, 2.45) is 0 Å². The van der Waals surface area contributed by atoms with E-state index in [2.05, 4.69) is 16.0 Å². The first-order valence-corrected chi connectivity index (χ1v) is 7.82. The first kappa shape index (κ1) is 14.5. The van der Waals surface area contributed by atoms with Gasteiger partial charge in [-0.1, -0.05) is 6.42 Å². The summed E-state index contributed by atoms with van der Waals surface area (Å²) in [4.78, 5) is 22.5. The van der Waals surface area contributed by atoms with Gasteiger partial charge in [0.25, 0.3) is 0 Å². The number of hydrogen-bond acceptors (Lipinski definition) is 4. The van der Waals surface area contributed by atoms with Gasteiger partial charge in [0.1, 0.15) is 0 Å². The summed E-state index contributed by atoms with van der Waals surface area (Å²) in [5, 5.41) is 17.6. The molecule has 2 aliphatic rings. The van der Waals surface area contributed by atoms with Gasteiger partial charge < -0.3 is 21.1 Å². The molecule has 108 valence electrons. The third-order valence-electron chi connectivity index (χ3n) is 3.51. The number of nitrogens with one attached hydrogen (secondary N) is 3. The fraction of sp³-hybridized carbons (Fsp3) is 0.833. The van der Waals surface area contributed by atoms with Crippen molar-refractivity contribution in [2.75, 3.05) is 18.9 Å². The highest BCUT2D eigenvalue weighted by atomic mass is 32.2. The number of fused-ring (bicyclic) bond motifs is 1. The maximum atomic E-state index is 11.3. The Bertz CT molecular complexity index is 340. The number of aliphatic hydroxyl groups is 1. The molecule has 2 heterocycles. The number of carbonyl (C=O) groups excluding carboxylic acids is 2. The average molecular weight is 287 g/mol. The monoisotopic (exact) mass is 287 g/mol. The second-order valence-electron chi connectivity index (χ2n) is 4.94. The summed E-state index contributed by atoms with van der Waals surface area (Å²) in [7, 11) is 0. The zero-order valence-corrected chi connectivity index (χ0v) is 11.7. The highest BCUT2D eigenvalue weighted by molar-refractivity contribution is 8.00. The van der Waals surface area contributed by atoms with Crippen LogP contribution in [0.3, 0.4) is 0 Å². The maximum Gasteiger partial charge on any atom is 0.315 e.